The van der Waals surface area contributed by atoms with Gasteiger partial charge in [0, 0.05) is 11.8 Å². The Bertz CT molecular complexity index is 510. The molecule has 2 bridgehead atoms. The van der Waals surface area contributed by atoms with Crippen LogP contribution in [-0.4, -0.2) is 21.0 Å². The minimum Gasteiger partial charge on any atom is -0.324 e. The molecule has 2 rings (SSSR count). The highest BCUT2D eigenvalue weighted by molar-refractivity contribution is 7.63. The molecule has 2 N–H and O–H groups in total. The number of carbonyl (C=O) groups is 1. The molecule has 0 amide bonds. The number of hydrogen-bond donors (Lipinski definition) is 2. The number of carbonyl (C=O) groups excluding carboxylic acids is 1. The Morgan fingerprint density at radius 3 is 1.90 bits per heavy atom. The fourth-order valence-electron chi connectivity index (χ4n) is 3.02. The van der Waals surface area contributed by atoms with Crippen LogP contribution in [0.15, 0.2) is 0 Å². The number of ketones is 1. The lowest BCUT2D eigenvalue weighted by Crippen LogP contribution is -2.32. The Kier molecular flexibility index (Phi) is 4.88. The van der Waals surface area contributed by atoms with Crippen LogP contribution in [0, 0.1) is 16.7 Å². The number of fused-ring (bicyclic) bond motifs is 2. The first-order valence-electron chi connectivity index (χ1n) is 6.56. The summed E-state index contributed by atoms with van der Waals surface area (Å²) in [6, 6.07) is 0. The van der Waals surface area contributed by atoms with E-state index in [4.69, 9.17) is 9.79 Å². The summed E-state index contributed by atoms with van der Waals surface area (Å²) in [7, 11) is -7.42. The molecule has 0 saturated heterocycles. The Balaban J connectivity index is 0.000000206. The van der Waals surface area contributed by atoms with Crippen molar-refractivity contribution in [3.8, 4) is 0 Å². The Morgan fingerprint density at radius 1 is 1.30 bits per heavy atom. The molecular weight excluding hydrogens is 302 g/mol. The van der Waals surface area contributed by atoms with Crippen LogP contribution in [0.1, 0.15) is 47.0 Å². The molecule has 6 nitrogen and oxygen atoms in total. The number of rotatable bonds is 2. The third-order valence-electron chi connectivity index (χ3n) is 5.27. The maximum Gasteiger partial charge on any atom is 0.342 e. The standard InChI is InChI=1S/C10H16O.C2H6O5P2/c1-9(2)7-4-5-10(9,3)8(11)6-7;1-2(8(3)4)9(5,6)7/h7H,4-6H2,1-3H3;2H,1H3,(H2,5,6,7). The van der Waals surface area contributed by atoms with Crippen molar-refractivity contribution in [3.05, 3.63) is 0 Å². The zero-order valence-electron chi connectivity index (χ0n) is 12.2. The third-order valence-corrected chi connectivity index (χ3v) is 8.33. The molecule has 3 atom stereocenters. The van der Waals surface area contributed by atoms with E-state index < -0.39 is 20.7 Å². The highest BCUT2D eigenvalue weighted by atomic mass is 31.2. The largest absolute Gasteiger partial charge is 0.342 e. The molecule has 0 spiro atoms. The minimum absolute atomic E-state index is 0.0255. The fraction of sp³-hybridized carbons (Fsp3) is 0.917. The van der Waals surface area contributed by atoms with Gasteiger partial charge in [-0.15, -0.1) is 0 Å². The summed E-state index contributed by atoms with van der Waals surface area (Å²) in [4.78, 5) is 27.9. The van der Waals surface area contributed by atoms with E-state index in [1.807, 2.05) is 0 Å². The monoisotopic (exact) mass is 324 g/mol. The third kappa shape index (κ3) is 2.99. The van der Waals surface area contributed by atoms with Gasteiger partial charge in [-0.1, -0.05) is 20.8 Å². The van der Waals surface area contributed by atoms with E-state index in [0.717, 1.165) is 19.8 Å². The maximum atomic E-state index is 11.6. The summed E-state index contributed by atoms with van der Waals surface area (Å²) < 4.78 is 29.9. The van der Waals surface area contributed by atoms with Crippen molar-refractivity contribution in [2.75, 3.05) is 0 Å². The minimum atomic E-state index is -4.41. The van der Waals surface area contributed by atoms with Crippen LogP contribution in [0.4, 0.5) is 0 Å². The lowest BCUT2D eigenvalue weighted by atomic mass is 9.70. The molecule has 0 aromatic rings. The van der Waals surface area contributed by atoms with E-state index in [0.29, 0.717) is 11.7 Å². The molecule has 2 aliphatic rings. The zero-order chi connectivity index (χ0) is 15.9. The molecule has 0 heterocycles. The summed E-state index contributed by atoms with van der Waals surface area (Å²) in [5.41, 5.74) is 0.307. The van der Waals surface area contributed by atoms with Gasteiger partial charge < -0.3 is 9.79 Å². The second-order valence-corrected chi connectivity index (χ2v) is 10.1. The lowest BCUT2D eigenvalue weighted by Gasteiger charge is -2.32. The van der Waals surface area contributed by atoms with Gasteiger partial charge in [-0.2, -0.15) is 0 Å². The average Bonchev–Trinajstić information content (AvgIpc) is 2.60. The summed E-state index contributed by atoms with van der Waals surface area (Å²) in [6.45, 7) is 7.64. The first-order chi connectivity index (χ1) is 8.84. The summed E-state index contributed by atoms with van der Waals surface area (Å²) in [5.74, 6) is 1.19. The fourth-order valence-corrected chi connectivity index (χ4v) is 4.01. The molecule has 3 unspecified atom stereocenters. The molecule has 2 aliphatic carbocycles. The van der Waals surface area contributed by atoms with Crippen LogP contribution in [0.5, 0.6) is 0 Å². The molecule has 0 radical (unpaired) electrons. The zero-order valence-corrected chi connectivity index (χ0v) is 14.0. The molecule has 2 saturated carbocycles. The Labute approximate surface area is 119 Å². The molecule has 116 valence electrons. The van der Waals surface area contributed by atoms with Gasteiger partial charge in [0.15, 0.2) is 5.40 Å². The van der Waals surface area contributed by atoms with Gasteiger partial charge in [-0.25, -0.2) is 9.13 Å². The second kappa shape index (κ2) is 5.49. The molecule has 20 heavy (non-hydrogen) atoms. The Hall–Kier alpha value is -0.280. The quantitative estimate of drug-likeness (QED) is 0.756. The van der Waals surface area contributed by atoms with Gasteiger partial charge in [0.05, 0.1) is 0 Å². The van der Waals surface area contributed by atoms with Crippen LogP contribution >= 0.6 is 15.3 Å². The number of Topliss-reactive ketones (excluding diaryl/α,β-unsaturated/α-hetero) is 1. The van der Waals surface area contributed by atoms with Crippen molar-refractivity contribution < 1.29 is 28.3 Å². The lowest BCUT2D eigenvalue weighted by molar-refractivity contribution is -0.128. The smallest absolute Gasteiger partial charge is 0.324 e. The van der Waals surface area contributed by atoms with Crippen molar-refractivity contribution in [2.24, 2.45) is 16.7 Å². The van der Waals surface area contributed by atoms with Crippen LogP contribution in [-0.2, 0) is 18.5 Å². The van der Waals surface area contributed by atoms with E-state index in [-0.39, 0.29) is 10.8 Å². The first kappa shape index (κ1) is 17.8. The van der Waals surface area contributed by atoms with Gasteiger partial charge in [0.1, 0.15) is 5.78 Å². The highest BCUT2D eigenvalue weighted by Gasteiger charge is 2.61. The SMILES string of the molecule is CC(P(=O)=O)P(=O)(O)O.CC12CCC(CC1=O)C2(C)C. The van der Waals surface area contributed by atoms with Crippen molar-refractivity contribution in [1.82, 2.24) is 0 Å². The van der Waals surface area contributed by atoms with Crippen LogP contribution in [0.2, 0.25) is 0 Å². The average molecular weight is 324 g/mol. The van der Waals surface area contributed by atoms with Gasteiger partial charge in [-0.05, 0) is 31.1 Å². The van der Waals surface area contributed by atoms with Gasteiger partial charge in [-0.3, -0.25) is 9.36 Å². The molecule has 8 heteroatoms. The number of hydrogen-bond acceptors (Lipinski definition) is 4. The summed E-state index contributed by atoms with van der Waals surface area (Å²) in [6.07, 6.45) is 3.25. The van der Waals surface area contributed by atoms with Crippen molar-refractivity contribution in [1.29, 1.82) is 0 Å². The van der Waals surface area contributed by atoms with E-state index in [9.17, 15) is 18.5 Å². The maximum absolute atomic E-state index is 11.6. The molecule has 0 aromatic heterocycles. The molecule has 0 aromatic carbocycles. The predicted octanol–water partition coefficient (Wildman–Crippen LogP) is 3.08. The molecule has 2 fully saturated rings. The second-order valence-electron chi connectivity index (χ2n) is 6.42. The molecule has 0 aliphatic heterocycles. The van der Waals surface area contributed by atoms with Gasteiger partial charge in [0.25, 0.3) is 0 Å². The van der Waals surface area contributed by atoms with Crippen molar-refractivity contribution >= 4 is 21.1 Å². The van der Waals surface area contributed by atoms with Gasteiger partial charge in [0.2, 0.25) is 0 Å². The van der Waals surface area contributed by atoms with Crippen LogP contribution in [0.25, 0.3) is 0 Å². The van der Waals surface area contributed by atoms with Crippen LogP contribution in [0.3, 0.4) is 0 Å². The summed E-state index contributed by atoms with van der Waals surface area (Å²) >= 11 is 0. The normalized spacial score (nSPS) is 32.5. The highest BCUT2D eigenvalue weighted by Crippen LogP contribution is 2.63. The van der Waals surface area contributed by atoms with E-state index in [1.165, 1.54) is 6.42 Å². The molecular formula is C12H22O6P2. The van der Waals surface area contributed by atoms with Gasteiger partial charge >= 0.3 is 15.3 Å². The van der Waals surface area contributed by atoms with Crippen molar-refractivity contribution in [2.45, 2.75) is 52.4 Å². The van der Waals surface area contributed by atoms with E-state index in [1.54, 1.807) is 0 Å². The van der Waals surface area contributed by atoms with E-state index in [2.05, 4.69) is 20.8 Å². The Morgan fingerprint density at radius 2 is 1.80 bits per heavy atom. The predicted molar refractivity (Wildman–Crippen MR) is 74.0 cm³/mol. The summed E-state index contributed by atoms with van der Waals surface area (Å²) in [5, 5.41) is -1.56. The van der Waals surface area contributed by atoms with Crippen LogP contribution < -0.4 is 0 Å². The first-order valence-corrected chi connectivity index (χ1v) is 9.49. The van der Waals surface area contributed by atoms with E-state index >= 15 is 0 Å². The topological polar surface area (TPSA) is 109 Å². The van der Waals surface area contributed by atoms with Crippen molar-refractivity contribution in [3.63, 3.8) is 0 Å².